The summed E-state index contributed by atoms with van der Waals surface area (Å²) in [5.41, 5.74) is 8.11. The number of morpholine rings is 1. The molecular formula is C35H34FN5O4. The summed E-state index contributed by atoms with van der Waals surface area (Å²) < 4.78 is 29.3. The number of hydrogen-bond acceptors (Lipinski definition) is 7. The van der Waals surface area contributed by atoms with Crippen LogP contribution in [0.25, 0.3) is 27.7 Å². The van der Waals surface area contributed by atoms with Crippen LogP contribution in [0.3, 0.4) is 0 Å². The van der Waals surface area contributed by atoms with Crippen molar-refractivity contribution in [2.75, 3.05) is 44.7 Å². The third-order valence-corrected chi connectivity index (χ3v) is 7.87. The van der Waals surface area contributed by atoms with Gasteiger partial charge in [-0.05, 0) is 60.6 Å². The quantitative estimate of drug-likeness (QED) is 0.146. The first-order valence-electron chi connectivity index (χ1n) is 14.8. The molecule has 2 aliphatic heterocycles. The highest BCUT2D eigenvalue weighted by Gasteiger charge is 2.29. The molecule has 230 valence electrons. The number of benzene rings is 3. The number of nitrogens with one attached hydrogen (secondary N) is 2. The van der Waals surface area contributed by atoms with E-state index in [1.54, 1.807) is 10.6 Å². The Morgan fingerprint density at radius 1 is 1.09 bits per heavy atom. The molecule has 1 saturated heterocycles. The molecular weight excluding hydrogens is 573 g/mol. The molecule has 0 saturated carbocycles. The number of nitrogens with two attached hydrogens (primary N) is 1. The van der Waals surface area contributed by atoms with Crippen molar-refractivity contribution >= 4 is 22.5 Å². The Morgan fingerprint density at radius 3 is 2.64 bits per heavy atom. The first-order chi connectivity index (χ1) is 22.0. The van der Waals surface area contributed by atoms with E-state index < -0.39 is 17.2 Å². The first kappa shape index (κ1) is 29.9. The van der Waals surface area contributed by atoms with Crippen LogP contribution in [0.4, 0.5) is 10.1 Å². The fourth-order valence-electron chi connectivity index (χ4n) is 5.66. The lowest BCUT2D eigenvalue weighted by Gasteiger charge is -2.28. The maximum absolute atomic E-state index is 15.8. The van der Waals surface area contributed by atoms with Gasteiger partial charge >= 0.3 is 0 Å². The van der Waals surface area contributed by atoms with Crippen molar-refractivity contribution in [2.24, 2.45) is 5.73 Å². The van der Waals surface area contributed by atoms with Crippen LogP contribution in [-0.4, -0.2) is 54.8 Å². The number of amides is 1. The van der Waals surface area contributed by atoms with Crippen molar-refractivity contribution in [3.05, 3.63) is 119 Å². The fourth-order valence-corrected chi connectivity index (χ4v) is 5.66. The second kappa shape index (κ2) is 13.2. The van der Waals surface area contributed by atoms with E-state index in [9.17, 15) is 9.59 Å². The fraction of sp³-hybridized carbons (Fsp3) is 0.200. The standard InChI is InChI=1S/C35H34FN5O4/c1-2-7-25(12-13-37)39-35(43)27-22-41-29-20-24(23-8-4-3-5-9-23)10-11-30(29)45-34-31(28(36)21-26(32(34)41)33(27)42)38-14-6-15-40-16-18-44-19-17-40/h2-5,7-13,20-22,38H,1,6,14-19,37H2,(H,39,43)/b13-12-,25-7+. The van der Waals surface area contributed by atoms with Crippen molar-refractivity contribution in [2.45, 2.75) is 6.42 Å². The number of carbonyl (C=O) groups excluding carboxylic acids is 1. The van der Waals surface area contributed by atoms with Crippen LogP contribution in [0.5, 0.6) is 11.5 Å². The molecule has 10 heteroatoms. The SMILES string of the molecule is C=C/C=C(\C=C/N)NC(=O)c1cn2c3c(c(NCCCN4CCOCC4)c(F)cc3c1=O)Oc1ccc(-c3ccccc3)cc1-2. The second-order valence-corrected chi connectivity index (χ2v) is 10.8. The molecule has 0 aliphatic carbocycles. The lowest BCUT2D eigenvalue weighted by molar-refractivity contribution is 0.0378. The van der Waals surface area contributed by atoms with E-state index >= 15 is 4.39 Å². The highest BCUT2D eigenvalue weighted by molar-refractivity contribution is 6.02. The topological polar surface area (TPSA) is 111 Å². The van der Waals surface area contributed by atoms with E-state index in [1.165, 1.54) is 30.6 Å². The summed E-state index contributed by atoms with van der Waals surface area (Å²) >= 11 is 0. The Labute approximate surface area is 260 Å². The molecule has 6 rings (SSSR count). The van der Waals surface area contributed by atoms with Gasteiger partial charge in [-0.2, -0.15) is 0 Å². The van der Waals surface area contributed by atoms with Gasteiger partial charge in [-0.1, -0.05) is 49.1 Å². The third-order valence-electron chi connectivity index (χ3n) is 7.87. The summed E-state index contributed by atoms with van der Waals surface area (Å²) in [5, 5.41) is 5.93. The Hall–Kier alpha value is -5.19. The molecule has 45 heavy (non-hydrogen) atoms. The van der Waals surface area contributed by atoms with Gasteiger partial charge in [0.1, 0.15) is 16.8 Å². The Balaban J connectivity index is 1.45. The van der Waals surface area contributed by atoms with Gasteiger partial charge in [-0.15, -0.1) is 0 Å². The van der Waals surface area contributed by atoms with Gasteiger partial charge in [0, 0.05) is 31.5 Å². The minimum absolute atomic E-state index is 0.0217. The average Bonchev–Trinajstić information content (AvgIpc) is 3.06. The monoisotopic (exact) mass is 607 g/mol. The van der Waals surface area contributed by atoms with Crippen molar-refractivity contribution in [3.8, 4) is 28.3 Å². The summed E-state index contributed by atoms with van der Waals surface area (Å²) in [6.45, 7) is 8.16. The number of carbonyl (C=O) groups is 1. The van der Waals surface area contributed by atoms with Crippen LogP contribution in [0.2, 0.25) is 0 Å². The highest BCUT2D eigenvalue weighted by Crippen LogP contribution is 2.46. The molecule has 1 amide bonds. The molecule has 3 heterocycles. The number of halogens is 1. The number of hydrogen-bond donors (Lipinski definition) is 3. The van der Waals surface area contributed by atoms with Crippen LogP contribution in [-0.2, 0) is 4.74 Å². The second-order valence-electron chi connectivity index (χ2n) is 10.8. The van der Waals surface area contributed by atoms with Crippen molar-refractivity contribution < 1.29 is 18.7 Å². The number of anilines is 1. The number of allylic oxidation sites excluding steroid dienone is 3. The summed E-state index contributed by atoms with van der Waals surface area (Å²) in [6, 6.07) is 16.7. The third kappa shape index (κ3) is 6.11. The lowest BCUT2D eigenvalue weighted by Crippen LogP contribution is -2.37. The van der Waals surface area contributed by atoms with Gasteiger partial charge in [0.2, 0.25) is 5.43 Å². The normalized spacial score (nSPS) is 14.6. The molecule has 3 aromatic carbocycles. The van der Waals surface area contributed by atoms with Crippen LogP contribution in [0, 0.1) is 5.82 Å². The van der Waals surface area contributed by atoms with Crippen molar-refractivity contribution in [1.82, 2.24) is 14.8 Å². The number of aromatic nitrogens is 1. The predicted octanol–water partition coefficient (Wildman–Crippen LogP) is 5.31. The summed E-state index contributed by atoms with van der Waals surface area (Å²) in [7, 11) is 0. The van der Waals surface area contributed by atoms with Gasteiger partial charge in [0.15, 0.2) is 17.3 Å². The van der Waals surface area contributed by atoms with Crippen LogP contribution >= 0.6 is 0 Å². The van der Waals surface area contributed by atoms with Crippen LogP contribution in [0.15, 0.2) is 102 Å². The van der Waals surface area contributed by atoms with Gasteiger partial charge < -0.3 is 30.4 Å². The van der Waals surface area contributed by atoms with E-state index in [1.807, 2.05) is 48.5 Å². The van der Waals surface area contributed by atoms with Gasteiger partial charge in [-0.25, -0.2) is 4.39 Å². The lowest BCUT2D eigenvalue weighted by atomic mass is 10.0. The summed E-state index contributed by atoms with van der Waals surface area (Å²) in [4.78, 5) is 29.6. The van der Waals surface area contributed by atoms with Crippen molar-refractivity contribution in [3.63, 3.8) is 0 Å². The van der Waals surface area contributed by atoms with E-state index in [0.29, 0.717) is 42.4 Å². The summed E-state index contributed by atoms with van der Waals surface area (Å²) in [6.07, 6.45) is 8.04. The van der Waals surface area contributed by atoms with Gasteiger partial charge in [0.25, 0.3) is 5.91 Å². The van der Waals surface area contributed by atoms with E-state index in [2.05, 4.69) is 22.1 Å². The number of ether oxygens (including phenoxy) is 2. The molecule has 1 aromatic heterocycles. The number of rotatable bonds is 10. The smallest absolute Gasteiger partial charge is 0.261 e. The zero-order chi connectivity index (χ0) is 31.3. The molecule has 0 spiro atoms. The zero-order valence-corrected chi connectivity index (χ0v) is 24.7. The molecule has 0 bridgehead atoms. The maximum atomic E-state index is 15.8. The van der Waals surface area contributed by atoms with Crippen LogP contribution in [0.1, 0.15) is 16.8 Å². The first-order valence-corrected chi connectivity index (χ1v) is 14.8. The molecule has 4 N–H and O–H groups in total. The van der Waals surface area contributed by atoms with Gasteiger partial charge in [-0.3, -0.25) is 14.5 Å². The van der Waals surface area contributed by atoms with Crippen LogP contribution < -0.4 is 26.5 Å². The predicted molar refractivity (Wildman–Crippen MR) is 174 cm³/mol. The van der Waals surface area contributed by atoms with E-state index in [-0.39, 0.29) is 22.4 Å². The Kier molecular flexibility index (Phi) is 8.77. The molecule has 0 unspecified atom stereocenters. The zero-order valence-electron chi connectivity index (χ0n) is 24.7. The summed E-state index contributed by atoms with van der Waals surface area (Å²) in [5.74, 6) is -0.665. The largest absolute Gasteiger partial charge is 0.451 e. The van der Waals surface area contributed by atoms with E-state index in [0.717, 1.165) is 37.2 Å². The molecule has 0 atom stereocenters. The molecule has 1 fully saturated rings. The Morgan fingerprint density at radius 2 is 1.89 bits per heavy atom. The van der Waals surface area contributed by atoms with E-state index in [4.69, 9.17) is 15.2 Å². The van der Waals surface area contributed by atoms with Gasteiger partial charge in [0.05, 0.1) is 24.3 Å². The Bertz CT molecular complexity index is 1880. The molecule has 0 radical (unpaired) electrons. The van der Waals surface area contributed by atoms with Crippen molar-refractivity contribution in [1.29, 1.82) is 0 Å². The number of fused-ring (bicyclic) bond motifs is 2. The minimum atomic E-state index is -0.670. The number of pyridine rings is 1. The number of nitrogens with zero attached hydrogens (tertiary/aromatic N) is 2. The molecule has 2 aliphatic rings. The molecule has 4 aromatic rings. The minimum Gasteiger partial charge on any atom is -0.451 e. The molecule has 9 nitrogen and oxygen atoms in total. The highest BCUT2D eigenvalue weighted by atomic mass is 19.1. The maximum Gasteiger partial charge on any atom is 0.261 e. The average molecular weight is 608 g/mol.